The smallest absolute Gasteiger partial charge is 0.416 e. The highest BCUT2D eigenvalue weighted by Crippen LogP contribution is 2.34. The second kappa shape index (κ2) is 12.3. The number of thiazole rings is 1. The van der Waals surface area contributed by atoms with Crippen molar-refractivity contribution in [3.63, 3.8) is 0 Å². The lowest BCUT2D eigenvalue weighted by molar-refractivity contribution is -0.138. The molecule has 1 unspecified atom stereocenters. The van der Waals surface area contributed by atoms with E-state index in [9.17, 15) is 32.7 Å². The Hall–Kier alpha value is -4.25. The molecule has 0 saturated carbocycles. The predicted molar refractivity (Wildman–Crippen MR) is 152 cm³/mol. The van der Waals surface area contributed by atoms with Crippen LogP contribution in [-0.2, 0) is 11.0 Å². The molecule has 3 aromatic rings. The fraction of sp³-hybridized carbons (Fsp3) is 0.290. The van der Waals surface area contributed by atoms with E-state index < -0.39 is 29.7 Å². The first-order valence-electron chi connectivity index (χ1n) is 13.5. The lowest BCUT2D eigenvalue weighted by Crippen LogP contribution is -2.42. The molecule has 42 heavy (non-hydrogen) atoms. The molecule has 1 aliphatic heterocycles. The van der Waals surface area contributed by atoms with Crippen molar-refractivity contribution in [2.24, 2.45) is 0 Å². The number of carboxylic acids is 1. The van der Waals surface area contributed by atoms with Gasteiger partial charge in [-0.3, -0.25) is 9.59 Å². The molecule has 2 aliphatic rings. The number of piperidine rings is 1. The molecule has 1 aromatic heterocycles. The number of nitrogens with zero attached hydrogens (tertiary/aromatic N) is 2. The molecule has 1 atom stereocenters. The van der Waals surface area contributed by atoms with Gasteiger partial charge in [0.15, 0.2) is 0 Å². The Morgan fingerprint density at radius 2 is 1.74 bits per heavy atom. The summed E-state index contributed by atoms with van der Waals surface area (Å²) in [6.07, 6.45) is 3.52. The number of allylic oxidation sites excluding steroid dienone is 3. The monoisotopic (exact) mass is 595 g/mol. The van der Waals surface area contributed by atoms with Gasteiger partial charge in [-0.25, -0.2) is 9.78 Å². The van der Waals surface area contributed by atoms with Crippen molar-refractivity contribution in [2.45, 2.75) is 43.8 Å². The van der Waals surface area contributed by atoms with E-state index in [0.717, 1.165) is 17.1 Å². The predicted octanol–water partition coefficient (Wildman–Crippen LogP) is 6.31. The van der Waals surface area contributed by atoms with Gasteiger partial charge in [0.1, 0.15) is 11.7 Å². The highest BCUT2D eigenvalue weighted by atomic mass is 32.1. The van der Waals surface area contributed by atoms with Crippen LogP contribution in [0.15, 0.2) is 77.7 Å². The standard InChI is InChI=1S/C31H28F3N3O4S/c32-31(33,34)22-12-10-19(11-13-22)23-8-4-5-9-24(23)29(39)37-16-14-21(15-17-37)28-35-25(18-42-28)27(38)36-26(30(40)41)20-6-2-1-3-7-20/h1-2,4-5,7-13,18,21,26H,3,6,14-17H2,(H,36,38)(H,40,41). The Bertz CT molecular complexity index is 1540. The van der Waals surface area contributed by atoms with Gasteiger partial charge in [-0.2, -0.15) is 13.2 Å². The minimum absolute atomic E-state index is 0.0345. The molecule has 5 rings (SSSR count). The lowest BCUT2D eigenvalue weighted by atomic mass is 9.94. The fourth-order valence-corrected chi connectivity index (χ4v) is 6.18. The van der Waals surface area contributed by atoms with E-state index in [2.05, 4.69) is 10.3 Å². The van der Waals surface area contributed by atoms with Gasteiger partial charge in [-0.15, -0.1) is 11.3 Å². The van der Waals surface area contributed by atoms with Gasteiger partial charge in [-0.1, -0.05) is 48.6 Å². The van der Waals surface area contributed by atoms with Crippen LogP contribution in [-0.4, -0.2) is 51.9 Å². The van der Waals surface area contributed by atoms with Crippen molar-refractivity contribution in [1.82, 2.24) is 15.2 Å². The zero-order valence-electron chi connectivity index (χ0n) is 22.4. The average Bonchev–Trinajstić information content (AvgIpc) is 3.50. The molecule has 1 saturated heterocycles. The van der Waals surface area contributed by atoms with Crippen LogP contribution in [0.4, 0.5) is 13.2 Å². The van der Waals surface area contributed by atoms with Crippen LogP contribution in [0.3, 0.4) is 0 Å². The molecule has 218 valence electrons. The molecule has 2 N–H and O–H groups in total. The van der Waals surface area contributed by atoms with Gasteiger partial charge in [0, 0.05) is 30.0 Å². The van der Waals surface area contributed by atoms with Gasteiger partial charge < -0.3 is 15.3 Å². The summed E-state index contributed by atoms with van der Waals surface area (Å²) >= 11 is 1.34. The van der Waals surface area contributed by atoms with Crippen LogP contribution in [0, 0.1) is 0 Å². The maximum Gasteiger partial charge on any atom is 0.416 e. The highest BCUT2D eigenvalue weighted by Gasteiger charge is 2.31. The summed E-state index contributed by atoms with van der Waals surface area (Å²) < 4.78 is 39.0. The van der Waals surface area contributed by atoms with E-state index >= 15 is 0 Å². The Kier molecular flexibility index (Phi) is 8.58. The highest BCUT2D eigenvalue weighted by molar-refractivity contribution is 7.09. The summed E-state index contributed by atoms with van der Waals surface area (Å²) in [6, 6.07) is 10.5. The number of halogens is 3. The van der Waals surface area contributed by atoms with Crippen molar-refractivity contribution in [3.8, 4) is 11.1 Å². The number of amides is 2. The number of hydrogen-bond acceptors (Lipinski definition) is 5. The number of hydrogen-bond donors (Lipinski definition) is 2. The zero-order chi connectivity index (χ0) is 29.9. The summed E-state index contributed by atoms with van der Waals surface area (Å²) in [5.41, 5.74) is 1.55. The van der Waals surface area contributed by atoms with E-state index in [-0.39, 0.29) is 17.5 Å². The SMILES string of the molecule is O=C(NC(C(=O)O)C1=CCC=CC1)c1csc(C2CCN(C(=O)c3ccccc3-c3ccc(C(F)(F)F)cc3)CC2)n1. The van der Waals surface area contributed by atoms with Gasteiger partial charge in [0.05, 0.1) is 10.6 Å². The minimum atomic E-state index is -4.44. The number of benzene rings is 2. The van der Waals surface area contributed by atoms with Gasteiger partial charge in [0.2, 0.25) is 0 Å². The molecule has 11 heteroatoms. The molecule has 1 fully saturated rings. The molecular formula is C31H28F3N3O4S. The topological polar surface area (TPSA) is 99.6 Å². The van der Waals surface area contributed by atoms with Crippen molar-refractivity contribution < 1.29 is 32.7 Å². The average molecular weight is 596 g/mol. The molecule has 2 amide bonds. The number of nitrogens with one attached hydrogen (secondary N) is 1. The number of aliphatic carboxylic acids is 1. The second-order valence-corrected chi connectivity index (χ2v) is 11.1. The number of rotatable bonds is 7. The summed E-state index contributed by atoms with van der Waals surface area (Å²) in [5, 5.41) is 14.6. The van der Waals surface area contributed by atoms with Crippen molar-refractivity contribution >= 4 is 29.1 Å². The third kappa shape index (κ3) is 6.46. The first kappa shape index (κ1) is 29.2. The zero-order valence-corrected chi connectivity index (χ0v) is 23.3. The third-order valence-electron chi connectivity index (χ3n) is 7.50. The Labute approximate surface area is 244 Å². The van der Waals surface area contributed by atoms with Crippen molar-refractivity contribution in [1.29, 1.82) is 0 Å². The van der Waals surface area contributed by atoms with Crippen LogP contribution >= 0.6 is 11.3 Å². The summed E-state index contributed by atoms with van der Waals surface area (Å²) in [6.45, 7) is 0.906. The molecular weight excluding hydrogens is 567 g/mol. The quantitative estimate of drug-likeness (QED) is 0.312. The van der Waals surface area contributed by atoms with Crippen LogP contribution in [0.2, 0.25) is 0 Å². The molecule has 1 aliphatic carbocycles. The van der Waals surface area contributed by atoms with E-state index in [1.807, 2.05) is 18.2 Å². The number of aromatic nitrogens is 1. The maximum atomic E-state index is 13.5. The second-order valence-electron chi connectivity index (χ2n) is 10.2. The number of carbonyl (C=O) groups excluding carboxylic acids is 2. The Morgan fingerprint density at radius 3 is 2.38 bits per heavy atom. The molecule has 2 aromatic carbocycles. The first-order chi connectivity index (χ1) is 20.1. The maximum absolute atomic E-state index is 13.5. The van der Waals surface area contributed by atoms with Gasteiger partial charge in [0.25, 0.3) is 11.8 Å². The van der Waals surface area contributed by atoms with E-state index in [1.54, 1.807) is 34.5 Å². The number of carbonyl (C=O) groups is 3. The van der Waals surface area contributed by atoms with Crippen molar-refractivity contribution in [3.05, 3.63) is 99.5 Å². The normalized spacial score (nSPS) is 16.5. The lowest BCUT2D eigenvalue weighted by Gasteiger charge is -2.31. The number of alkyl halides is 3. The van der Waals surface area contributed by atoms with Crippen LogP contribution in [0.1, 0.15) is 63.0 Å². The number of carboxylic acid groups (broad SMARTS) is 1. The third-order valence-corrected chi connectivity index (χ3v) is 8.50. The van der Waals surface area contributed by atoms with E-state index in [4.69, 9.17) is 0 Å². The molecule has 0 bridgehead atoms. The van der Waals surface area contributed by atoms with Crippen LogP contribution in [0.5, 0.6) is 0 Å². The minimum Gasteiger partial charge on any atom is -0.479 e. The van der Waals surface area contributed by atoms with Gasteiger partial charge in [-0.05, 0) is 60.6 Å². The fourth-order valence-electron chi connectivity index (χ4n) is 5.21. The summed E-state index contributed by atoms with van der Waals surface area (Å²) in [4.78, 5) is 44.3. The van der Waals surface area contributed by atoms with E-state index in [0.29, 0.717) is 61.0 Å². The largest absolute Gasteiger partial charge is 0.479 e. The summed E-state index contributed by atoms with van der Waals surface area (Å²) in [5.74, 6) is -1.84. The van der Waals surface area contributed by atoms with Crippen LogP contribution in [0.25, 0.3) is 11.1 Å². The van der Waals surface area contributed by atoms with Crippen molar-refractivity contribution in [2.75, 3.05) is 13.1 Å². The Balaban J connectivity index is 1.22. The van der Waals surface area contributed by atoms with Crippen LogP contribution < -0.4 is 5.32 Å². The molecule has 2 heterocycles. The van der Waals surface area contributed by atoms with E-state index in [1.165, 1.54) is 23.5 Å². The Morgan fingerprint density at radius 1 is 1.02 bits per heavy atom. The molecule has 0 radical (unpaired) electrons. The first-order valence-corrected chi connectivity index (χ1v) is 14.4. The van der Waals surface area contributed by atoms with Gasteiger partial charge >= 0.3 is 12.1 Å². The number of likely N-dealkylation sites (tertiary alicyclic amines) is 1. The summed E-state index contributed by atoms with van der Waals surface area (Å²) in [7, 11) is 0. The molecule has 7 nitrogen and oxygen atoms in total. The molecule has 0 spiro atoms.